The second-order valence-electron chi connectivity index (χ2n) is 3.29. The van der Waals surface area contributed by atoms with Crippen LogP contribution in [0.2, 0.25) is 0 Å². The average molecular weight is 208 g/mol. The zero-order valence-electron chi connectivity index (χ0n) is 7.47. The maximum absolute atomic E-state index is 11.7. The normalized spacial score (nSPS) is 27.6. The van der Waals surface area contributed by atoms with Gasteiger partial charge in [-0.15, -0.1) is 0 Å². The molecule has 6 heteroatoms. The molecular weight excluding hydrogens is 197 g/mol. The van der Waals surface area contributed by atoms with Gasteiger partial charge in [0, 0.05) is 6.04 Å². The van der Waals surface area contributed by atoms with E-state index in [2.05, 4.69) is 10.3 Å². The van der Waals surface area contributed by atoms with Crippen LogP contribution in [0.15, 0.2) is 0 Å². The van der Waals surface area contributed by atoms with E-state index in [1.807, 2.05) is 6.07 Å². The van der Waals surface area contributed by atoms with Gasteiger partial charge in [-0.2, -0.15) is 23.9 Å². The molecule has 1 rings (SSSR count). The highest BCUT2D eigenvalue weighted by Gasteiger charge is 2.31. The van der Waals surface area contributed by atoms with Crippen LogP contribution in [0.4, 0.5) is 13.2 Å². The summed E-state index contributed by atoms with van der Waals surface area (Å²) < 4.78 is 35.0. The predicted octanol–water partition coefficient (Wildman–Crippen LogP) is 1.76. The third-order valence-corrected chi connectivity index (χ3v) is 2.15. The number of nitriles is 1. The summed E-state index contributed by atoms with van der Waals surface area (Å²) in [6.45, 7) is -1.32. The van der Waals surface area contributed by atoms with E-state index in [1.165, 1.54) is 0 Å². The molecule has 0 spiro atoms. The van der Waals surface area contributed by atoms with Crippen molar-refractivity contribution in [2.45, 2.75) is 31.5 Å². The quantitative estimate of drug-likeness (QED) is 0.719. The Labute approximate surface area is 79.8 Å². The zero-order chi connectivity index (χ0) is 10.6. The molecule has 0 aromatic carbocycles. The molecule has 1 fully saturated rings. The predicted molar refractivity (Wildman–Crippen MR) is 41.9 cm³/mol. The Morgan fingerprint density at radius 2 is 2.14 bits per heavy atom. The van der Waals surface area contributed by atoms with Crippen LogP contribution >= 0.6 is 0 Å². The third kappa shape index (κ3) is 3.52. The molecule has 2 atom stereocenters. The van der Waals surface area contributed by atoms with Crippen molar-refractivity contribution in [1.29, 1.82) is 5.26 Å². The maximum atomic E-state index is 11.7. The Morgan fingerprint density at radius 3 is 2.71 bits per heavy atom. The molecule has 0 aliphatic heterocycles. The summed E-state index contributed by atoms with van der Waals surface area (Å²) in [6, 6.07) is 1.78. The number of rotatable bonds is 3. The minimum absolute atomic E-state index is 0.233. The minimum Gasteiger partial charge on any atom is -0.292 e. The van der Waals surface area contributed by atoms with E-state index in [1.54, 1.807) is 0 Å². The fourth-order valence-electron chi connectivity index (χ4n) is 1.49. The Hall–Kier alpha value is -0.800. The van der Waals surface area contributed by atoms with Crippen molar-refractivity contribution < 1.29 is 18.0 Å². The minimum atomic E-state index is -4.33. The van der Waals surface area contributed by atoms with E-state index in [-0.39, 0.29) is 12.0 Å². The van der Waals surface area contributed by atoms with Crippen LogP contribution in [0, 0.1) is 17.2 Å². The van der Waals surface area contributed by atoms with Crippen LogP contribution in [-0.2, 0) is 4.84 Å². The number of hydroxylamine groups is 1. The number of hydrogen-bond donors (Lipinski definition) is 1. The lowest BCUT2D eigenvalue weighted by molar-refractivity contribution is -0.193. The molecule has 0 radical (unpaired) electrons. The van der Waals surface area contributed by atoms with Gasteiger partial charge in [-0.3, -0.25) is 4.84 Å². The molecule has 0 aromatic rings. The van der Waals surface area contributed by atoms with Gasteiger partial charge < -0.3 is 0 Å². The standard InChI is InChI=1S/C8H11F3N2O/c9-8(10,11)5-14-13-7-3-1-2-6(7)4-12/h6-7,13H,1-3,5H2. The van der Waals surface area contributed by atoms with Crippen molar-refractivity contribution in [3.05, 3.63) is 0 Å². The van der Waals surface area contributed by atoms with Crippen molar-refractivity contribution in [3.8, 4) is 6.07 Å². The summed E-state index contributed by atoms with van der Waals surface area (Å²) in [4.78, 5) is 4.29. The first kappa shape index (κ1) is 11.3. The zero-order valence-corrected chi connectivity index (χ0v) is 7.47. The summed E-state index contributed by atoms with van der Waals surface area (Å²) in [5.74, 6) is -0.233. The molecule has 0 heterocycles. The van der Waals surface area contributed by atoms with E-state index >= 15 is 0 Å². The molecule has 1 N–H and O–H groups in total. The van der Waals surface area contributed by atoms with Crippen LogP contribution in [0.5, 0.6) is 0 Å². The summed E-state index contributed by atoms with van der Waals surface area (Å²) in [5, 5.41) is 8.63. The second kappa shape index (κ2) is 4.62. The van der Waals surface area contributed by atoms with Gasteiger partial charge in [0.15, 0.2) is 6.61 Å². The number of alkyl halides is 3. The molecule has 1 aliphatic rings. The van der Waals surface area contributed by atoms with E-state index in [0.29, 0.717) is 6.42 Å². The Bertz CT molecular complexity index is 224. The molecular formula is C8H11F3N2O. The Morgan fingerprint density at radius 1 is 1.43 bits per heavy atom. The van der Waals surface area contributed by atoms with Gasteiger partial charge in [-0.1, -0.05) is 6.42 Å². The molecule has 80 valence electrons. The van der Waals surface area contributed by atoms with Gasteiger partial charge in [0.1, 0.15) is 0 Å². The smallest absolute Gasteiger partial charge is 0.292 e. The highest BCUT2D eigenvalue weighted by molar-refractivity contribution is 4.95. The van der Waals surface area contributed by atoms with E-state index in [4.69, 9.17) is 5.26 Å². The molecule has 0 saturated heterocycles. The van der Waals surface area contributed by atoms with Crippen molar-refractivity contribution in [2.75, 3.05) is 6.61 Å². The van der Waals surface area contributed by atoms with E-state index in [0.717, 1.165) is 12.8 Å². The van der Waals surface area contributed by atoms with Gasteiger partial charge in [0.25, 0.3) is 0 Å². The van der Waals surface area contributed by atoms with Crippen LogP contribution in [0.25, 0.3) is 0 Å². The van der Waals surface area contributed by atoms with Gasteiger partial charge in [0.05, 0.1) is 12.0 Å². The summed E-state index contributed by atoms with van der Waals surface area (Å²) >= 11 is 0. The first-order chi connectivity index (χ1) is 6.53. The summed E-state index contributed by atoms with van der Waals surface area (Å²) in [7, 11) is 0. The summed E-state index contributed by atoms with van der Waals surface area (Å²) in [5.41, 5.74) is 2.30. The van der Waals surface area contributed by atoms with E-state index < -0.39 is 12.8 Å². The number of nitrogens with one attached hydrogen (secondary N) is 1. The first-order valence-electron chi connectivity index (χ1n) is 4.36. The lowest BCUT2D eigenvalue weighted by Crippen LogP contribution is -2.35. The van der Waals surface area contributed by atoms with Crippen molar-refractivity contribution in [1.82, 2.24) is 5.48 Å². The van der Waals surface area contributed by atoms with Crippen LogP contribution in [0.3, 0.4) is 0 Å². The van der Waals surface area contributed by atoms with Crippen molar-refractivity contribution in [2.24, 2.45) is 5.92 Å². The largest absolute Gasteiger partial charge is 0.413 e. The fraction of sp³-hybridized carbons (Fsp3) is 0.875. The SMILES string of the molecule is N#CC1CCCC1NOCC(F)(F)F. The van der Waals surface area contributed by atoms with Gasteiger partial charge in [-0.25, -0.2) is 0 Å². The molecule has 1 aliphatic carbocycles. The van der Waals surface area contributed by atoms with E-state index in [9.17, 15) is 13.2 Å². The number of hydrogen-bond acceptors (Lipinski definition) is 3. The highest BCUT2D eigenvalue weighted by atomic mass is 19.4. The number of nitrogens with zero attached hydrogens (tertiary/aromatic N) is 1. The molecule has 1 saturated carbocycles. The molecule has 14 heavy (non-hydrogen) atoms. The molecule has 0 bridgehead atoms. The van der Waals surface area contributed by atoms with Gasteiger partial charge in [0.2, 0.25) is 0 Å². The van der Waals surface area contributed by atoms with Gasteiger partial charge >= 0.3 is 6.18 Å². The van der Waals surface area contributed by atoms with Crippen molar-refractivity contribution in [3.63, 3.8) is 0 Å². The molecule has 0 aromatic heterocycles. The molecule has 3 nitrogen and oxygen atoms in total. The fourth-order valence-corrected chi connectivity index (χ4v) is 1.49. The Balaban J connectivity index is 2.22. The highest BCUT2D eigenvalue weighted by Crippen LogP contribution is 2.25. The maximum Gasteiger partial charge on any atom is 0.413 e. The first-order valence-corrected chi connectivity index (χ1v) is 4.36. The van der Waals surface area contributed by atoms with Crippen LogP contribution in [0.1, 0.15) is 19.3 Å². The second-order valence-corrected chi connectivity index (χ2v) is 3.29. The third-order valence-electron chi connectivity index (χ3n) is 2.15. The average Bonchev–Trinajstić information content (AvgIpc) is 2.49. The lowest BCUT2D eigenvalue weighted by atomic mass is 10.1. The molecule has 2 unspecified atom stereocenters. The topological polar surface area (TPSA) is 45.0 Å². The molecule has 0 amide bonds. The van der Waals surface area contributed by atoms with Crippen LogP contribution in [-0.4, -0.2) is 18.8 Å². The van der Waals surface area contributed by atoms with Crippen LogP contribution < -0.4 is 5.48 Å². The lowest BCUT2D eigenvalue weighted by Gasteiger charge is -2.15. The monoisotopic (exact) mass is 208 g/mol. The summed E-state index contributed by atoms with van der Waals surface area (Å²) in [6.07, 6.45) is -2.06. The van der Waals surface area contributed by atoms with Crippen molar-refractivity contribution >= 4 is 0 Å². The number of halogens is 3. The Kier molecular flexibility index (Phi) is 3.72. The van der Waals surface area contributed by atoms with Gasteiger partial charge in [-0.05, 0) is 12.8 Å².